The average Bonchev–Trinajstić information content (AvgIpc) is 3.39. The lowest BCUT2D eigenvalue weighted by Gasteiger charge is -2.39. The van der Waals surface area contributed by atoms with Crippen LogP contribution in [0.5, 0.6) is 0 Å². The van der Waals surface area contributed by atoms with E-state index < -0.39 is 0 Å². The topological polar surface area (TPSA) is 101 Å². The molecule has 2 N–H and O–H groups in total. The Morgan fingerprint density at radius 2 is 2.10 bits per heavy atom. The van der Waals surface area contributed by atoms with Crippen LogP contribution in [0.4, 0.5) is 11.8 Å². The fourth-order valence-electron chi connectivity index (χ4n) is 4.48. The van der Waals surface area contributed by atoms with Gasteiger partial charge in [-0.15, -0.1) is 0 Å². The monoisotopic (exact) mass is 395 g/mol. The molecule has 0 aromatic carbocycles. The number of aromatic nitrogens is 5. The highest BCUT2D eigenvalue weighted by atomic mass is 16.5. The van der Waals surface area contributed by atoms with E-state index in [1.54, 1.807) is 17.8 Å². The molecule has 1 spiro atoms. The van der Waals surface area contributed by atoms with Crippen LogP contribution in [0.2, 0.25) is 0 Å². The first-order chi connectivity index (χ1) is 14.1. The van der Waals surface area contributed by atoms with E-state index in [0.717, 1.165) is 56.9 Å². The summed E-state index contributed by atoms with van der Waals surface area (Å²) in [7, 11) is 3.59. The summed E-state index contributed by atoms with van der Waals surface area (Å²) < 4.78 is 7.27. The van der Waals surface area contributed by atoms with Crippen molar-refractivity contribution in [1.82, 2.24) is 24.7 Å². The van der Waals surface area contributed by atoms with Crippen LogP contribution in [0, 0.1) is 5.41 Å². The van der Waals surface area contributed by atoms with Gasteiger partial charge in [0.05, 0.1) is 6.61 Å². The zero-order chi connectivity index (χ0) is 20.0. The van der Waals surface area contributed by atoms with Gasteiger partial charge in [-0.1, -0.05) is 0 Å². The fourth-order valence-corrected chi connectivity index (χ4v) is 4.48. The van der Waals surface area contributed by atoms with Crippen LogP contribution in [0.25, 0.3) is 22.3 Å². The molecule has 3 aromatic rings. The quantitative estimate of drug-likeness (QED) is 0.697. The van der Waals surface area contributed by atoms with E-state index in [0.29, 0.717) is 28.1 Å². The van der Waals surface area contributed by atoms with Gasteiger partial charge in [0.15, 0.2) is 5.65 Å². The third-order valence-electron chi connectivity index (χ3n) is 6.36. The highest BCUT2D eigenvalue weighted by Crippen LogP contribution is 2.39. The number of H-pyrrole nitrogens is 1. The Morgan fingerprint density at radius 1 is 1.28 bits per heavy atom. The second-order valence-electron chi connectivity index (χ2n) is 8.04. The number of nitrogens with zero attached hydrogens (tertiary/aromatic N) is 5. The fraction of sp³-hybridized carbons (Fsp3) is 0.500. The summed E-state index contributed by atoms with van der Waals surface area (Å²) in [5, 5.41) is 10.9. The van der Waals surface area contributed by atoms with Gasteiger partial charge in [0.1, 0.15) is 16.9 Å². The first-order valence-electron chi connectivity index (χ1n) is 10.0. The largest absolute Gasteiger partial charge is 0.381 e. The van der Waals surface area contributed by atoms with Gasteiger partial charge >= 0.3 is 0 Å². The minimum atomic E-state index is -0.0962. The first kappa shape index (κ1) is 18.1. The Hall–Kier alpha value is -2.94. The summed E-state index contributed by atoms with van der Waals surface area (Å²) in [6.07, 6.45) is 4.97. The van der Waals surface area contributed by atoms with Gasteiger partial charge in [-0.3, -0.25) is 14.5 Å². The Bertz CT molecular complexity index is 1100. The molecular formula is C20H25N7O2. The van der Waals surface area contributed by atoms with Gasteiger partial charge in [-0.05, 0) is 36.8 Å². The lowest BCUT2D eigenvalue weighted by molar-refractivity contribution is 0.133. The van der Waals surface area contributed by atoms with Crippen molar-refractivity contribution in [1.29, 1.82) is 0 Å². The van der Waals surface area contributed by atoms with Crippen LogP contribution in [0.1, 0.15) is 19.3 Å². The molecule has 0 bridgehead atoms. The number of ether oxygens (including phenoxy) is 1. The molecule has 2 fully saturated rings. The zero-order valence-corrected chi connectivity index (χ0v) is 16.7. The Labute approximate surface area is 168 Å². The minimum absolute atomic E-state index is 0.0962. The van der Waals surface area contributed by atoms with Gasteiger partial charge in [-0.2, -0.15) is 10.1 Å². The molecule has 5 rings (SSSR count). The molecular weight excluding hydrogens is 370 g/mol. The molecule has 0 aliphatic carbocycles. The van der Waals surface area contributed by atoms with Crippen molar-refractivity contribution < 1.29 is 4.74 Å². The van der Waals surface area contributed by atoms with Crippen molar-refractivity contribution in [3.63, 3.8) is 0 Å². The molecule has 9 heteroatoms. The molecule has 3 aromatic heterocycles. The van der Waals surface area contributed by atoms with E-state index in [4.69, 9.17) is 9.72 Å². The number of nitrogens with one attached hydrogen (secondary N) is 2. The van der Waals surface area contributed by atoms with E-state index in [2.05, 4.69) is 25.4 Å². The van der Waals surface area contributed by atoms with Crippen molar-refractivity contribution in [3.05, 3.63) is 28.7 Å². The molecule has 2 saturated heterocycles. The summed E-state index contributed by atoms with van der Waals surface area (Å²) in [4.78, 5) is 24.4. The summed E-state index contributed by atoms with van der Waals surface area (Å²) in [6.45, 7) is 3.48. The summed E-state index contributed by atoms with van der Waals surface area (Å²) >= 11 is 0. The lowest BCUT2D eigenvalue weighted by atomic mass is 9.78. The maximum absolute atomic E-state index is 13.2. The highest BCUT2D eigenvalue weighted by molar-refractivity contribution is 5.91. The van der Waals surface area contributed by atoms with Crippen LogP contribution in [-0.2, 0) is 11.8 Å². The maximum Gasteiger partial charge on any atom is 0.266 e. The van der Waals surface area contributed by atoms with E-state index in [1.807, 2.05) is 19.2 Å². The van der Waals surface area contributed by atoms with Gasteiger partial charge in [0.25, 0.3) is 5.56 Å². The average molecular weight is 395 g/mol. The molecule has 5 heterocycles. The van der Waals surface area contributed by atoms with Gasteiger partial charge in [0, 0.05) is 45.6 Å². The molecule has 0 unspecified atom stereocenters. The van der Waals surface area contributed by atoms with E-state index in [9.17, 15) is 4.79 Å². The van der Waals surface area contributed by atoms with E-state index in [1.165, 1.54) is 0 Å². The number of hydrogen-bond donors (Lipinski definition) is 2. The van der Waals surface area contributed by atoms with E-state index in [-0.39, 0.29) is 5.56 Å². The minimum Gasteiger partial charge on any atom is -0.381 e. The standard InChI is InChI=1S/C20H25N7O2/c1-21-14-11-13(3-7-22-14)16-15-17(25-24-16)23-19(26(2)18(15)28)27-8-4-20(5-9-27)6-10-29-12-20/h3,7,11H,4-6,8-10,12H2,1-2H3,(H,21,22)(H,24,25). The van der Waals surface area contributed by atoms with Crippen LogP contribution in [0.15, 0.2) is 23.1 Å². The Morgan fingerprint density at radius 3 is 2.83 bits per heavy atom. The normalized spacial score (nSPS) is 18.6. The molecule has 0 amide bonds. The smallest absolute Gasteiger partial charge is 0.266 e. The van der Waals surface area contributed by atoms with Crippen molar-refractivity contribution in [2.75, 3.05) is 43.6 Å². The zero-order valence-electron chi connectivity index (χ0n) is 16.7. The van der Waals surface area contributed by atoms with Crippen LogP contribution >= 0.6 is 0 Å². The molecule has 152 valence electrons. The second kappa shape index (κ2) is 6.84. The predicted octanol–water partition coefficient (Wildman–Crippen LogP) is 1.77. The highest BCUT2D eigenvalue weighted by Gasteiger charge is 2.38. The first-order valence-corrected chi connectivity index (χ1v) is 10.0. The SMILES string of the molecule is CNc1cc(-c2n[nH]c3nc(N4CCC5(CCOC5)CC4)n(C)c(=O)c23)ccn1. The summed E-state index contributed by atoms with van der Waals surface area (Å²) in [5.41, 5.74) is 2.15. The number of fused-ring (bicyclic) bond motifs is 1. The van der Waals surface area contributed by atoms with Gasteiger partial charge < -0.3 is 15.0 Å². The van der Waals surface area contributed by atoms with Crippen LogP contribution < -0.4 is 15.8 Å². The third kappa shape index (κ3) is 2.96. The molecule has 0 atom stereocenters. The number of pyridine rings is 1. The third-order valence-corrected chi connectivity index (χ3v) is 6.36. The van der Waals surface area contributed by atoms with Crippen molar-refractivity contribution >= 4 is 22.8 Å². The van der Waals surface area contributed by atoms with Crippen LogP contribution in [-0.4, -0.2) is 58.1 Å². The molecule has 2 aliphatic heterocycles. The van der Waals surface area contributed by atoms with Crippen molar-refractivity contribution in [2.24, 2.45) is 12.5 Å². The van der Waals surface area contributed by atoms with Crippen molar-refractivity contribution in [2.45, 2.75) is 19.3 Å². The number of rotatable bonds is 3. The molecule has 0 radical (unpaired) electrons. The number of hydrogen-bond acceptors (Lipinski definition) is 7. The van der Waals surface area contributed by atoms with Crippen molar-refractivity contribution in [3.8, 4) is 11.3 Å². The Kier molecular flexibility index (Phi) is 4.27. The molecule has 0 saturated carbocycles. The number of anilines is 2. The molecule has 9 nitrogen and oxygen atoms in total. The predicted molar refractivity (Wildman–Crippen MR) is 111 cm³/mol. The maximum atomic E-state index is 13.2. The lowest BCUT2D eigenvalue weighted by Crippen LogP contribution is -2.43. The molecule has 29 heavy (non-hydrogen) atoms. The van der Waals surface area contributed by atoms with Gasteiger partial charge in [0.2, 0.25) is 5.95 Å². The second-order valence-corrected chi connectivity index (χ2v) is 8.04. The number of piperidine rings is 1. The van der Waals surface area contributed by atoms with Gasteiger partial charge in [-0.25, -0.2) is 4.98 Å². The van der Waals surface area contributed by atoms with E-state index >= 15 is 0 Å². The summed E-state index contributed by atoms with van der Waals surface area (Å²) in [6, 6.07) is 3.72. The number of aromatic amines is 1. The van der Waals surface area contributed by atoms with Crippen LogP contribution in [0.3, 0.4) is 0 Å². The summed E-state index contributed by atoms with van der Waals surface area (Å²) in [5.74, 6) is 1.41. The molecule has 2 aliphatic rings. The Balaban J connectivity index is 1.51.